The summed E-state index contributed by atoms with van der Waals surface area (Å²) in [6.07, 6.45) is 3.66. The van der Waals surface area contributed by atoms with Gasteiger partial charge in [-0.25, -0.2) is 4.98 Å². The van der Waals surface area contributed by atoms with Gasteiger partial charge in [-0.3, -0.25) is 0 Å². The molecule has 1 aliphatic rings. The molecule has 5 nitrogen and oxygen atoms in total. The lowest BCUT2D eigenvalue weighted by molar-refractivity contribution is 0.172. The molecule has 0 bridgehead atoms. The molecule has 0 amide bonds. The van der Waals surface area contributed by atoms with E-state index in [1.54, 1.807) is 7.11 Å². The second-order valence-corrected chi connectivity index (χ2v) is 5.80. The van der Waals surface area contributed by atoms with Crippen LogP contribution in [0.3, 0.4) is 0 Å². The first kappa shape index (κ1) is 15.0. The number of aryl methyl sites for hydroxylation is 1. The smallest absolute Gasteiger partial charge is 0.226 e. The van der Waals surface area contributed by atoms with E-state index in [1.807, 2.05) is 25.9 Å². The number of methoxy groups -OCH3 is 1. The Morgan fingerprint density at radius 1 is 1.40 bits per heavy atom. The lowest BCUT2D eigenvalue weighted by atomic mass is 9.95. The minimum absolute atomic E-state index is 0.710. The quantitative estimate of drug-likeness (QED) is 0.825. The van der Waals surface area contributed by atoms with Crippen molar-refractivity contribution in [3.8, 4) is 0 Å². The molecule has 20 heavy (non-hydrogen) atoms. The lowest BCUT2D eigenvalue weighted by Crippen LogP contribution is -2.36. The molecule has 0 spiro atoms. The summed E-state index contributed by atoms with van der Waals surface area (Å²) >= 11 is 0. The van der Waals surface area contributed by atoms with E-state index in [0.717, 1.165) is 43.6 Å². The summed E-state index contributed by atoms with van der Waals surface area (Å²) < 4.78 is 5.20. The van der Waals surface area contributed by atoms with E-state index in [9.17, 15) is 0 Å². The van der Waals surface area contributed by atoms with Gasteiger partial charge in [0.15, 0.2) is 0 Å². The minimum atomic E-state index is 0.710. The van der Waals surface area contributed by atoms with Crippen LogP contribution in [0.15, 0.2) is 6.07 Å². The molecule has 2 heterocycles. The summed E-state index contributed by atoms with van der Waals surface area (Å²) in [6, 6.07) is 2.09. The van der Waals surface area contributed by atoms with Gasteiger partial charge in [-0.15, -0.1) is 0 Å². The maximum Gasteiger partial charge on any atom is 0.226 e. The fourth-order valence-electron chi connectivity index (χ4n) is 2.69. The predicted molar refractivity (Wildman–Crippen MR) is 82.5 cm³/mol. The van der Waals surface area contributed by atoms with Gasteiger partial charge in [0.2, 0.25) is 5.95 Å². The molecule has 0 radical (unpaired) electrons. The zero-order valence-electron chi connectivity index (χ0n) is 13.1. The molecular formula is C15H26N4O. The van der Waals surface area contributed by atoms with Crippen LogP contribution >= 0.6 is 0 Å². The highest BCUT2D eigenvalue weighted by atomic mass is 16.5. The highest BCUT2D eigenvalue weighted by Crippen LogP contribution is 2.25. The van der Waals surface area contributed by atoms with E-state index in [-0.39, 0.29) is 0 Å². The van der Waals surface area contributed by atoms with Gasteiger partial charge in [-0.2, -0.15) is 4.98 Å². The molecule has 1 saturated heterocycles. The molecular weight excluding hydrogens is 252 g/mol. The molecule has 1 aromatic heterocycles. The Kier molecular flexibility index (Phi) is 5.17. The molecule has 1 aliphatic heterocycles. The topological polar surface area (TPSA) is 41.5 Å². The van der Waals surface area contributed by atoms with E-state index >= 15 is 0 Å². The number of nitrogens with zero attached hydrogens (tertiary/aromatic N) is 4. The van der Waals surface area contributed by atoms with Crippen LogP contribution in [0.2, 0.25) is 0 Å². The van der Waals surface area contributed by atoms with Crippen molar-refractivity contribution in [3.05, 3.63) is 11.8 Å². The summed E-state index contributed by atoms with van der Waals surface area (Å²) in [4.78, 5) is 13.5. The van der Waals surface area contributed by atoms with E-state index in [1.165, 1.54) is 12.8 Å². The summed E-state index contributed by atoms with van der Waals surface area (Å²) in [5, 5.41) is 0. The Morgan fingerprint density at radius 2 is 2.20 bits per heavy atom. The minimum Gasteiger partial charge on any atom is -0.385 e. The lowest BCUT2D eigenvalue weighted by Gasteiger charge is -2.34. The highest BCUT2D eigenvalue weighted by Gasteiger charge is 2.21. The number of hydrogen-bond donors (Lipinski definition) is 0. The van der Waals surface area contributed by atoms with E-state index in [4.69, 9.17) is 4.74 Å². The second kappa shape index (κ2) is 6.88. The maximum absolute atomic E-state index is 5.20. The largest absolute Gasteiger partial charge is 0.385 e. The summed E-state index contributed by atoms with van der Waals surface area (Å²) in [6.45, 7) is 5.05. The van der Waals surface area contributed by atoms with Gasteiger partial charge in [0, 0.05) is 52.7 Å². The van der Waals surface area contributed by atoms with Crippen molar-refractivity contribution < 1.29 is 4.74 Å². The van der Waals surface area contributed by atoms with E-state index < -0.39 is 0 Å². The number of aromatic nitrogens is 2. The van der Waals surface area contributed by atoms with Crippen LogP contribution in [0.1, 0.15) is 25.0 Å². The van der Waals surface area contributed by atoms with Crippen molar-refractivity contribution >= 4 is 11.8 Å². The molecule has 5 heteroatoms. The average Bonchev–Trinajstić information content (AvgIpc) is 2.44. The van der Waals surface area contributed by atoms with E-state index in [0.29, 0.717) is 5.92 Å². The molecule has 112 valence electrons. The molecule has 0 N–H and O–H groups in total. The van der Waals surface area contributed by atoms with Crippen molar-refractivity contribution in [2.45, 2.75) is 26.2 Å². The Labute approximate surface area is 122 Å². The summed E-state index contributed by atoms with van der Waals surface area (Å²) in [5.74, 6) is 2.56. The van der Waals surface area contributed by atoms with Gasteiger partial charge in [0.05, 0.1) is 0 Å². The Morgan fingerprint density at radius 3 is 2.90 bits per heavy atom. The number of ether oxygens (including phenoxy) is 1. The number of rotatable bonds is 5. The van der Waals surface area contributed by atoms with Gasteiger partial charge >= 0.3 is 0 Å². The zero-order valence-corrected chi connectivity index (χ0v) is 13.1. The van der Waals surface area contributed by atoms with Crippen LogP contribution in [0.5, 0.6) is 0 Å². The number of hydrogen-bond acceptors (Lipinski definition) is 5. The van der Waals surface area contributed by atoms with E-state index in [2.05, 4.69) is 20.9 Å². The molecule has 1 atom stereocenters. The first-order chi connectivity index (χ1) is 9.60. The van der Waals surface area contributed by atoms with Crippen LogP contribution in [-0.4, -0.2) is 50.9 Å². The van der Waals surface area contributed by atoms with Crippen molar-refractivity contribution in [2.75, 3.05) is 50.7 Å². The van der Waals surface area contributed by atoms with Gasteiger partial charge in [0.25, 0.3) is 0 Å². The van der Waals surface area contributed by atoms with Crippen molar-refractivity contribution in [1.29, 1.82) is 0 Å². The zero-order chi connectivity index (χ0) is 14.5. The SMILES string of the molecule is COCC[C@H]1CCCN(c2cc(C)nc(N(C)C)n2)C1. The number of anilines is 2. The third kappa shape index (κ3) is 3.82. The third-order valence-electron chi connectivity index (χ3n) is 3.80. The number of piperidine rings is 1. The van der Waals surface area contributed by atoms with Gasteiger partial charge in [-0.05, 0) is 32.1 Å². The molecule has 0 aromatic carbocycles. The first-order valence-electron chi connectivity index (χ1n) is 7.37. The summed E-state index contributed by atoms with van der Waals surface area (Å²) in [7, 11) is 5.74. The van der Waals surface area contributed by atoms with Gasteiger partial charge in [-0.1, -0.05) is 0 Å². The molecule has 0 aliphatic carbocycles. The summed E-state index contributed by atoms with van der Waals surface area (Å²) in [5.41, 5.74) is 1.03. The van der Waals surface area contributed by atoms with Gasteiger partial charge < -0.3 is 14.5 Å². The monoisotopic (exact) mass is 278 g/mol. The van der Waals surface area contributed by atoms with Crippen molar-refractivity contribution in [1.82, 2.24) is 9.97 Å². The Balaban J connectivity index is 2.10. The van der Waals surface area contributed by atoms with Crippen LogP contribution in [0.4, 0.5) is 11.8 Å². The molecule has 0 saturated carbocycles. The Bertz CT molecular complexity index is 436. The van der Waals surface area contributed by atoms with Crippen LogP contribution in [0, 0.1) is 12.8 Å². The van der Waals surface area contributed by atoms with Crippen LogP contribution in [-0.2, 0) is 4.74 Å². The molecule has 2 rings (SSSR count). The predicted octanol–water partition coefficient (Wildman–Crippen LogP) is 2.10. The third-order valence-corrected chi connectivity index (χ3v) is 3.80. The van der Waals surface area contributed by atoms with Crippen molar-refractivity contribution in [2.24, 2.45) is 5.92 Å². The average molecular weight is 278 g/mol. The highest BCUT2D eigenvalue weighted by molar-refractivity contribution is 5.45. The molecule has 0 unspecified atom stereocenters. The van der Waals surface area contributed by atoms with Gasteiger partial charge in [0.1, 0.15) is 5.82 Å². The standard InChI is InChI=1S/C15H26N4O/c1-12-10-14(17-15(16-12)18(2)3)19-8-5-6-13(11-19)7-9-20-4/h10,13H,5-9,11H2,1-4H3/t13-/m1/s1. The van der Waals surface area contributed by atoms with Crippen molar-refractivity contribution in [3.63, 3.8) is 0 Å². The van der Waals surface area contributed by atoms with Crippen LogP contribution < -0.4 is 9.80 Å². The fraction of sp³-hybridized carbons (Fsp3) is 0.733. The second-order valence-electron chi connectivity index (χ2n) is 5.80. The normalized spacial score (nSPS) is 19.2. The molecule has 1 fully saturated rings. The Hall–Kier alpha value is -1.36. The maximum atomic E-state index is 5.20. The fourth-order valence-corrected chi connectivity index (χ4v) is 2.69. The van der Waals surface area contributed by atoms with Crippen LogP contribution in [0.25, 0.3) is 0 Å². The first-order valence-corrected chi connectivity index (χ1v) is 7.37. The molecule has 1 aromatic rings.